The summed E-state index contributed by atoms with van der Waals surface area (Å²) in [7, 11) is 0. The molecule has 2 unspecified atom stereocenters. The fourth-order valence-electron chi connectivity index (χ4n) is 4.03. The Labute approximate surface area is 205 Å². The second-order valence-electron chi connectivity index (χ2n) is 8.41. The molecule has 172 valence electrons. The van der Waals surface area contributed by atoms with E-state index in [-0.39, 0.29) is 16.6 Å². The van der Waals surface area contributed by atoms with E-state index in [4.69, 9.17) is 17.0 Å². The Morgan fingerprint density at radius 3 is 2.12 bits per heavy atom. The maximum atomic E-state index is 13.3. The summed E-state index contributed by atoms with van der Waals surface area (Å²) in [5, 5.41) is 2.72. The molecule has 0 saturated carbocycles. The largest absolute Gasteiger partial charge is 0.457 e. The molecule has 2 amide bonds. The molecular formula is C28H26N2O3S. The van der Waals surface area contributed by atoms with Crippen LogP contribution in [-0.2, 0) is 9.59 Å². The van der Waals surface area contributed by atoms with Crippen molar-refractivity contribution in [3.05, 3.63) is 102 Å². The monoisotopic (exact) mass is 470 g/mol. The lowest BCUT2D eigenvalue weighted by Crippen LogP contribution is -2.54. The van der Waals surface area contributed by atoms with Gasteiger partial charge in [-0.25, -0.2) is 0 Å². The van der Waals surface area contributed by atoms with Gasteiger partial charge in [0.15, 0.2) is 5.11 Å². The number of amides is 2. The van der Waals surface area contributed by atoms with Crippen molar-refractivity contribution in [1.29, 1.82) is 0 Å². The number of carbonyl (C=O) groups is 2. The molecule has 4 rings (SSSR count). The van der Waals surface area contributed by atoms with E-state index in [9.17, 15) is 9.59 Å². The molecule has 1 aliphatic heterocycles. The molecule has 6 heteroatoms. The van der Waals surface area contributed by atoms with Gasteiger partial charge >= 0.3 is 0 Å². The summed E-state index contributed by atoms with van der Waals surface area (Å²) in [5.74, 6) is 0.781. The molecule has 0 radical (unpaired) electrons. The summed E-state index contributed by atoms with van der Waals surface area (Å²) in [5.41, 5.74) is 1.89. The Kier molecular flexibility index (Phi) is 7.18. The van der Waals surface area contributed by atoms with Gasteiger partial charge in [-0.15, -0.1) is 0 Å². The molecule has 2 atom stereocenters. The first kappa shape index (κ1) is 23.4. The molecule has 34 heavy (non-hydrogen) atoms. The maximum Gasteiger partial charge on any atom is 0.269 e. The summed E-state index contributed by atoms with van der Waals surface area (Å²) in [6.45, 7) is 4.16. The third-order valence-electron chi connectivity index (χ3n) is 5.72. The summed E-state index contributed by atoms with van der Waals surface area (Å²) < 4.78 is 5.82. The van der Waals surface area contributed by atoms with Crippen LogP contribution in [0.3, 0.4) is 0 Å². The van der Waals surface area contributed by atoms with Gasteiger partial charge in [0.25, 0.3) is 11.8 Å². The zero-order valence-electron chi connectivity index (χ0n) is 19.1. The molecule has 1 aliphatic rings. The van der Waals surface area contributed by atoms with Crippen LogP contribution in [0.15, 0.2) is 96.6 Å². The van der Waals surface area contributed by atoms with E-state index in [0.717, 1.165) is 12.2 Å². The number of hydrogen-bond donors (Lipinski definition) is 1. The van der Waals surface area contributed by atoms with Gasteiger partial charge in [0, 0.05) is 0 Å². The fourth-order valence-corrected chi connectivity index (χ4v) is 4.31. The van der Waals surface area contributed by atoms with E-state index in [2.05, 4.69) is 24.4 Å². The number of carbonyl (C=O) groups excluding carboxylic acids is 2. The lowest BCUT2D eigenvalue weighted by molar-refractivity contribution is -0.122. The normalized spacial score (nSPS) is 16.8. The van der Waals surface area contributed by atoms with Crippen molar-refractivity contribution in [3.8, 4) is 11.5 Å². The maximum absolute atomic E-state index is 13.3. The van der Waals surface area contributed by atoms with Gasteiger partial charge in [-0.3, -0.25) is 19.8 Å². The predicted octanol–water partition coefficient (Wildman–Crippen LogP) is 5.98. The lowest BCUT2D eigenvalue weighted by Gasteiger charge is -2.29. The molecule has 5 nitrogen and oxygen atoms in total. The number of allylic oxidation sites excluding steroid dienone is 1. The zero-order chi connectivity index (χ0) is 24.1. The summed E-state index contributed by atoms with van der Waals surface area (Å²) in [6.07, 6.45) is 2.56. The summed E-state index contributed by atoms with van der Waals surface area (Å²) in [4.78, 5) is 27.2. The van der Waals surface area contributed by atoms with E-state index >= 15 is 0 Å². The van der Waals surface area contributed by atoms with Gasteiger partial charge in [0.1, 0.15) is 17.1 Å². The van der Waals surface area contributed by atoms with Crippen molar-refractivity contribution in [2.45, 2.75) is 26.2 Å². The Bertz CT molecular complexity index is 1210. The molecule has 1 fully saturated rings. The predicted molar refractivity (Wildman–Crippen MR) is 138 cm³/mol. The third-order valence-corrected chi connectivity index (χ3v) is 6.01. The van der Waals surface area contributed by atoms with E-state index in [1.165, 1.54) is 10.5 Å². The molecule has 1 heterocycles. The number of nitrogens with zero attached hydrogens (tertiary/aromatic N) is 1. The number of hydrogen-bond acceptors (Lipinski definition) is 4. The Hall–Kier alpha value is -3.77. The summed E-state index contributed by atoms with van der Waals surface area (Å²) in [6, 6.07) is 26.7. The quantitative estimate of drug-likeness (QED) is 0.262. The van der Waals surface area contributed by atoms with Crippen molar-refractivity contribution >= 4 is 34.8 Å². The van der Waals surface area contributed by atoms with Crippen LogP contribution in [0.1, 0.15) is 31.7 Å². The number of rotatable bonds is 7. The molecule has 0 aliphatic carbocycles. The zero-order valence-corrected chi connectivity index (χ0v) is 19.9. The minimum atomic E-state index is -0.463. The molecule has 0 bridgehead atoms. The van der Waals surface area contributed by atoms with Crippen molar-refractivity contribution in [1.82, 2.24) is 5.32 Å². The first-order chi connectivity index (χ1) is 16.4. The lowest BCUT2D eigenvalue weighted by atomic mass is 9.89. The van der Waals surface area contributed by atoms with Gasteiger partial charge in [-0.1, -0.05) is 68.5 Å². The van der Waals surface area contributed by atoms with E-state index < -0.39 is 11.8 Å². The second kappa shape index (κ2) is 10.4. The second-order valence-corrected chi connectivity index (χ2v) is 8.80. The standard InChI is InChI=1S/C28H26N2O3S/c1-19(17-20(2)21-9-5-3-6-10-21)18-25-26(31)29-28(34)30(27(25)32)22-13-15-24(16-14-22)33-23-11-7-4-8-12-23/h3-16,18-20H,17H2,1-2H3,(H,29,31,34)/b25-18+. The van der Waals surface area contributed by atoms with Crippen molar-refractivity contribution < 1.29 is 14.3 Å². The molecular weight excluding hydrogens is 444 g/mol. The van der Waals surface area contributed by atoms with Crippen LogP contribution >= 0.6 is 12.2 Å². The number of thiocarbonyl (C=S) groups is 1. The van der Waals surface area contributed by atoms with Gasteiger partial charge in [0.05, 0.1) is 5.69 Å². The number of ether oxygens (including phenoxy) is 1. The highest BCUT2D eigenvalue weighted by Crippen LogP contribution is 2.28. The van der Waals surface area contributed by atoms with Crippen LogP contribution in [-0.4, -0.2) is 16.9 Å². The number of para-hydroxylation sites is 1. The van der Waals surface area contributed by atoms with E-state index in [1.807, 2.05) is 55.5 Å². The molecule has 0 aromatic heterocycles. The topological polar surface area (TPSA) is 58.6 Å². The minimum absolute atomic E-state index is 0.0232. The number of nitrogens with one attached hydrogen (secondary N) is 1. The highest BCUT2D eigenvalue weighted by Gasteiger charge is 2.34. The minimum Gasteiger partial charge on any atom is -0.457 e. The van der Waals surface area contributed by atoms with Crippen LogP contribution in [0.2, 0.25) is 0 Å². The first-order valence-electron chi connectivity index (χ1n) is 11.2. The SMILES string of the molecule is CC(/C=C1\C(=O)NC(=S)N(c2ccc(Oc3ccccc3)cc2)C1=O)CC(C)c1ccccc1. The van der Waals surface area contributed by atoms with Crippen LogP contribution < -0.4 is 15.0 Å². The van der Waals surface area contributed by atoms with Crippen molar-refractivity contribution in [2.24, 2.45) is 5.92 Å². The van der Waals surface area contributed by atoms with E-state index in [0.29, 0.717) is 17.4 Å². The van der Waals surface area contributed by atoms with Crippen LogP contribution in [0.5, 0.6) is 11.5 Å². The summed E-state index contributed by atoms with van der Waals surface area (Å²) >= 11 is 5.32. The Balaban J connectivity index is 1.50. The molecule has 3 aromatic carbocycles. The van der Waals surface area contributed by atoms with Gasteiger partial charge in [-0.2, -0.15) is 0 Å². The molecule has 1 N–H and O–H groups in total. The third kappa shape index (κ3) is 5.41. The van der Waals surface area contributed by atoms with Crippen LogP contribution in [0.4, 0.5) is 5.69 Å². The first-order valence-corrected chi connectivity index (χ1v) is 11.6. The molecule has 0 spiro atoms. The molecule has 1 saturated heterocycles. The van der Waals surface area contributed by atoms with Crippen LogP contribution in [0, 0.1) is 5.92 Å². The average Bonchev–Trinajstić information content (AvgIpc) is 2.84. The highest BCUT2D eigenvalue weighted by atomic mass is 32.1. The van der Waals surface area contributed by atoms with E-state index in [1.54, 1.807) is 30.3 Å². The Morgan fingerprint density at radius 2 is 1.47 bits per heavy atom. The fraction of sp³-hybridized carbons (Fsp3) is 0.179. The molecule has 3 aromatic rings. The van der Waals surface area contributed by atoms with Crippen molar-refractivity contribution in [2.75, 3.05) is 4.90 Å². The highest BCUT2D eigenvalue weighted by molar-refractivity contribution is 7.80. The van der Waals surface area contributed by atoms with Gasteiger partial charge in [-0.05, 0) is 72.4 Å². The van der Waals surface area contributed by atoms with Gasteiger partial charge in [0.2, 0.25) is 0 Å². The van der Waals surface area contributed by atoms with Crippen molar-refractivity contribution in [3.63, 3.8) is 0 Å². The smallest absolute Gasteiger partial charge is 0.269 e. The average molecular weight is 471 g/mol. The van der Waals surface area contributed by atoms with Crippen LogP contribution in [0.25, 0.3) is 0 Å². The number of benzene rings is 3. The Morgan fingerprint density at radius 1 is 0.882 bits per heavy atom. The number of anilines is 1. The van der Waals surface area contributed by atoms with Gasteiger partial charge < -0.3 is 4.74 Å².